The molecular weight excluding hydrogens is 244 g/mol. The number of aliphatic carboxylic acids is 1. The Kier molecular flexibility index (Phi) is 4.80. The smallest absolute Gasteiger partial charge is 0.305 e. The van der Waals surface area contributed by atoms with Crippen LogP contribution in [-0.2, 0) is 9.59 Å². The first-order chi connectivity index (χ1) is 9.08. The van der Waals surface area contributed by atoms with E-state index in [1.54, 1.807) is 0 Å². The molecule has 0 bridgehead atoms. The second-order valence-electron chi connectivity index (χ2n) is 5.96. The van der Waals surface area contributed by atoms with E-state index in [0.29, 0.717) is 5.92 Å². The fourth-order valence-electron chi connectivity index (χ4n) is 2.97. The number of hydrogen-bond donors (Lipinski definition) is 3. The third-order valence-electron chi connectivity index (χ3n) is 4.32. The van der Waals surface area contributed by atoms with Crippen molar-refractivity contribution in [3.8, 4) is 0 Å². The number of nitrogens with one attached hydrogen (secondary N) is 1. The molecule has 2 aliphatic carbocycles. The molecular formula is C14H24N2O3. The lowest BCUT2D eigenvalue weighted by Gasteiger charge is -2.24. The molecule has 3 unspecified atom stereocenters. The maximum Gasteiger partial charge on any atom is 0.305 e. The molecule has 0 aromatic carbocycles. The Bertz CT molecular complexity index is 342. The van der Waals surface area contributed by atoms with E-state index in [4.69, 9.17) is 10.8 Å². The number of carbonyl (C=O) groups is 2. The Balaban J connectivity index is 1.91. The van der Waals surface area contributed by atoms with Crippen molar-refractivity contribution >= 4 is 11.9 Å². The monoisotopic (exact) mass is 268 g/mol. The maximum absolute atomic E-state index is 12.3. The minimum absolute atomic E-state index is 0.0262. The first-order valence-electron chi connectivity index (χ1n) is 7.35. The highest BCUT2D eigenvalue weighted by molar-refractivity contribution is 5.80. The second kappa shape index (κ2) is 6.37. The third-order valence-corrected chi connectivity index (χ3v) is 4.32. The number of nitrogens with two attached hydrogens (primary N) is 1. The van der Waals surface area contributed by atoms with Crippen LogP contribution >= 0.6 is 0 Å². The molecule has 2 rings (SSSR count). The van der Waals surface area contributed by atoms with Crippen LogP contribution in [0.2, 0.25) is 0 Å². The van der Waals surface area contributed by atoms with E-state index < -0.39 is 5.97 Å². The largest absolute Gasteiger partial charge is 0.481 e. The second-order valence-corrected chi connectivity index (χ2v) is 5.96. The summed E-state index contributed by atoms with van der Waals surface area (Å²) >= 11 is 0. The van der Waals surface area contributed by atoms with Gasteiger partial charge in [0, 0.05) is 12.1 Å². The summed E-state index contributed by atoms with van der Waals surface area (Å²) in [7, 11) is 0. The number of hydrogen-bond acceptors (Lipinski definition) is 3. The Morgan fingerprint density at radius 1 is 1.16 bits per heavy atom. The van der Waals surface area contributed by atoms with Crippen molar-refractivity contribution in [3.63, 3.8) is 0 Å². The van der Waals surface area contributed by atoms with E-state index in [1.165, 1.54) is 0 Å². The fourth-order valence-corrected chi connectivity index (χ4v) is 2.97. The van der Waals surface area contributed by atoms with Crippen LogP contribution in [0.5, 0.6) is 0 Å². The van der Waals surface area contributed by atoms with Crippen LogP contribution in [-0.4, -0.2) is 29.1 Å². The van der Waals surface area contributed by atoms with Crippen molar-refractivity contribution in [1.82, 2.24) is 5.32 Å². The molecule has 0 aromatic heterocycles. The van der Waals surface area contributed by atoms with E-state index in [2.05, 4.69) is 5.32 Å². The van der Waals surface area contributed by atoms with E-state index in [0.717, 1.165) is 44.9 Å². The van der Waals surface area contributed by atoms with Gasteiger partial charge >= 0.3 is 5.97 Å². The maximum atomic E-state index is 12.3. The van der Waals surface area contributed by atoms with Crippen molar-refractivity contribution < 1.29 is 14.7 Å². The first kappa shape index (κ1) is 14.3. The van der Waals surface area contributed by atoms with Crippen molar-refractivity contribution in [1.29, 1.82) is 0 Å². The molecule has 0 heterocycles. The van der Waals surface area contributed by atoms with Gasteiger partial charge in [0.15, 0.2) is 0 Å². The first-order valence-corrected chi connectivity index (χ1v) is 7.35. The molecule has 1 amide bonds. The predicted molar refractivity (Wildman–Crippen MR) is 71.5 cm³/mol. The molecule has 108 valence electrons. The average molecular weight is 268 g/mol. The molecule has 2 aliphatic rings. The molecule has 0 spiro atoms. The van der Waals surface area contributed by atoms with E-state index >= 15 is 0 Å². The summed E-state index contributed by atoms with van der Waals surface area (Å²) < 4.78 is 0. The van der Waals surface area contributed by atoms with Gasteiger partial charge in [0.25, 0.3) is 0 Å². The molecule has 0 radical (unpaired) electrons. The molecule has 5 nitrogen and oxygen atoms in total. The lowest BCUT2D eigenvalue weighted by Crippen LogP contribution is -2.46. The number of carboxylic acids is 1. The number of carboxylic acid groups (broad SMARTS) is 1. The minimum atomic E-state index is -0.845. The van der Waals surface area contributed by atoms with Crippen molar-refractivity contribution in [2.24, 2.45) is 17.6 Å². The van der Waals surface area contributed by atoms with E-state index in [9.17, 15) is 9.59 Å². The summed E-state index contributed by atoms with van der Waals surface area (Å²) in [6.07, 6.45) is 7.06. The summed E-state index contributed by atoms with van der Waals surface area (Å²) in [4.78, 5) is 23.1. The molecule has 0 saturated heterocycles. The predicted octanol–water partition coefficient (Wildman–Crippen LogP) is 1.26. The van der Waals surface area contributed by atoms with Crippen LogP contribution in [0.4, 0.5) is 0 Å². The SMILES string of the molecule is NC1CCCCCC1C(=O)NC(CC(=O)O)C1CC1. The molecule has 0 aromatic rings. The summed E-state index contributed by atoms with van der Waals surface area (Å²) in [6, 6.07) is -0.285. The van der Waals surface area contributed by atoms with Gasteiger partial charge in [-0.2, -0.15) is 0 Å². The van der Waals surface area contributed by atoms with Gasteiger partial charge in [0.05, 0.1) is 12.3 Å². The molecule has 5 heteroatoms. The highest BCUT2D eigenvalue weighted by Gasteiger charge is 2.36. The van der Waals surface area contributed by atoms with Gasteiger partial charge in [-0.25, -0.2) is 0 Å². The highest BCUT2D eigenvalue weighted by Crippen LogP contribution is 2.34. The zero-order chi connectivity index (χ0) is 13.8. The number of rotatable bonds is 5. The van der Waals surface area contributed by atoms with Crippen molar-refractivity contribution in [2.75, 3.05) is 0 Å². The lowest BCUT2D eigenvalue weighted by atomic mass is 9.94. The number of carbonyl (C=O) groups excluding carboxylic acids is 1. The quantitative estimate of drug-likeness (QED) is 0.655. The highest BCUT2D eigenvalue weighted by atomic mass is 16.4. The Morgan fingerprint density at radius 2 is 1.84 bits per heavy atom. The number of amides is 1. The fraction of sp³-hybridized carbons (Fsp3) is 0.857. The normalized spacial score (nSPS) is 29.3. The zero-order valence-corrected chi connectivity index (χ0v) is 11.3. The lowest BCUT2D eigenvalue weighted by molar-refractivity contribution is -0.138. The van der Waals surface area contributed by atoms with Gasteiger partial charge in [0.1, 0.15) is 0 Å². The summed E-state index contributed by atoms with van der Waals surface area (Å²) in [5, 5.41) is 11.8. The Labute approximate surface area is 113 Å². The van der Waals surface area contributed by atoms with Gasteiger partial charge in [-0.05, 0) is 31.6 Å². The molecule has 4 N–H and O–H groups in total. The Hall–Kier alpha value is -1.10. The van der Waals surface area contributed by atoms with Crippen LogP contribution in [0.25, 0.3) is 0 Å². The molecule has 2 fully saturated rings. The average Bonchev–Trinajstić information content (AvgIpc) is 3.14. The summed E-state index contributed by atoms with van der Waals surface area (Å²) in [5.74, 6) is -0.672. The molecule has 2 saturated carbocycles. The van der Waals surface area contributed by atoms with Gasteiger partial charge in [-0.3, -0.25) is 9.59 Å². The molecule has 3 atom stereocenters. The van der Waals surface area contributed by atoms with E-state index in [-0.39, 0.29) is 30.3 Å². The molecule has 0 aliphatic heterocycles. The van der Waals surface area contributed by atoms with Crippen LogP contribution in [0.1, 0.15) is 51.4 Å². The van der Waals surface area contributed by atoms with E-state index in [1.807, 2.05) is 0 Å². The van der Waals surface area contributed by atoms with Crippen LogP contribution in [0.15, 0.2) is 0 Å². The molecule has 19 heavy (non-hydrogen) atoms. The zero-order valence-electron chi connectivity index (χ0n) is 11.3. The summed E-state index contributed by atoms with van der Waals surface area (Å²) in [6.45, 7) is 0. The van der Waals surface area contributed by atoms with Gasteiger partial charge in [-0.1, -0.05) is 19.3 Å². The minimum Gasteiger partial charge on any atom is -0.481 e. The van der Waals surface area contributed by atoms with Gasteiger partial charge < -0.3 is 16.2 Å². The Morgan fingerprint density at radius 3 is 2.47 bits per heavy atom. The van der Waals surface area contributed by atoms with Crippen molar-refractivity contribution in [2.45, 2.75) is 63.5 Å². The third kappa shape index (κ3) is 4.20. The van der Waals surface area contributed by atoms with Crippen LogP contribution < -0.4 is 11.1 Å². The van der Waals surface area contributed by atoms with Gasteiger partial charge in [-0.15, -0.1) is 0 Å². The van der Waals surface area contributed by atoms with Crippen molar-refractivity contribution in [3.05, 3.63) is 0 Å². The van der Waals surface area contributed by atoms with Crippen LogP contribution in [0.3, 0.4) is 0 Å². The summed E-state index contributed by atoms with van der Waals surface area (Å²) in [5.41, 5.74) is 6.07. The topological polar surface area (TPSA) is 92.4 Å². The van der Waals surface area contributed by atoms with Gasteiger partial charge in [0.2, 0.25) is 5.91 Å². The standard InChI is InChI=1S/C14H24N2O3/c15-11-5-3-1-2-4-10(11)14(19)16-12(8-13(17)18)9-6-7-9/h9-12H,1-8,15H2,(H,16,19)(H,17,18). The van der Waals surface area contributed by atoms with Crippen LogP contribution in [0, 0.1) is 11.8 Å².